The molecule has 0 aliphatic rings. The van der Waals surface area contributed by atoms with E-state index < -0.39 is 11.7 Å². The summed E-state index contributed by atoms with van der Waals surface area (Å²) < 4.78 is 51.6. The number of aromatic nitrogens is 1. The summed E-state index contributed by atoms with van der Waals surface area (Å²) in [6.07, 6.45) is -4.46. The SMILES string of the molecule is COc1cc(C#N)ccc1OCC(=O)c1cc(C)n(-c2cccc(C(F)(F)F)c2)c1C. The molecule has 5 nitrogen and oxygen atoms in total. The minimum absolute atomic E-state index is 0.296. The van der Waals surface area contributed by atoms with Crippen LogP contribution in [0.4, 0.5) is 13.2 Å². The normalized spacial score (nSPS) is 11.1. The monoisotopic (exact) mass is 428 g/mol. The van der Waals surface area contributed by atoms with Crippen molar-refractivity contribution >= 4 is 5.78 Å². The van der Waals surface area contributed by atoms with Crippen molar-refractivity contribution in [3.05, 3.63) is 76.6 Å². The highest BCUT2D eigenvalue weighted by Crippen LogP contribution is 2.32. The van der Waals surface area contributed by atoms with Gasteiger partial charge in [0.25, 0.3) is 0 Å². The van der Waals surface area contributed by atoms with Crippen LogP contribution in [0.25, 0.3) is 5.69 Å². The molecule has 3 aromatic rings. The van der Waals surface area contributed by atoms with E-state index in [1.165, 1.54) is 25.3 Å². The lowest BCUT2D eigenvalue weighted by atomic mass is 10.1. The molecule has 0 atom stereocenters. The number of halogens is 3. The van der Waals surface area contributed by atoms with E-state index >= 15 is 0 Å². The summed E-state index contributed by atoms with van der Waals surface area (Å²) in [5.74, 6) is 0.292. The summed E-state index contributed by atoms with van der Waals surface area (Å²) in [5, 5.41) is 8.96. The van der Waals surface area contributed by atoms with Gasteiger partial charge in [-0.05, 0) is 50.2 Å². The second-order valence-electron chi connectivity index (χ2n) is 6.86. The molecule has 31 heavy (non-hydrogen) atoms. The number of nitrogens with zero attached hydrogens (tertiary/aromatic N) is 2. The molecule has 0 radical (unpaired) electrons. The summed E-state index contributed by atoms with van der Waals surface area (Å²) in [6.45, 7) is 3.09. The quantitative estimate of drug-likeness (QED) is 0.503. The molecule has 2 aromatic carbocycles. The Labute approximate surface area is 177 Å². The number of Topliss-reactive ketones (excluding diaryl/α,β-unsaturated/α-hetero) is 1. The molecule has 1 aromatic heterocycles. The maximum Gasteiger partial charge on any atom is 0.416 e. The van der Waals surface area contributed by atoms with Crippen LogP contribution in [-0.2, 0) is 6.18 Å². The Bertz CT molecular complexity index is 1170. The maximum atomic E-state index is 13.1. The number of alkyl halides is 3. The van der Waals surface area contributed by atoms with Gasteiger partial charge in [0.05, 0.1) is 24.3 Å². The molecule has 0 saturated heterocycles. The fraction of sp³-hybridized carbons (Fsp3) is 0.217. The fourth-order valence-electron chi connectivity index (χ4n) is 3.34. The molecule has 0 bridgehead atoms. The van der Waals surface area contributed by atoms with Crippen LogP contribution >= 0.6 is 0 Å². The van der Waals surface area contributed by atoms with E-state index in [0.29, 0.717) is 39.7 Å². The Balaban J connectivity index is 1.86. The van der Waals surface area contributed by atoms with Gasteiger partial charge < -0.3 is 14.0 Å². The van der Waals surface area contributed by atoms with Crippen molar-refractivity contribution in [2.75, 3.05) is 13.7 Å². The van der Waals surface area contributed by atoms with E-state index in [9.17, 15) is 18.0 Å². The molecule has 0 fully saturated rings. The van der Waals surface area contributed by atoms with E-state index in [0.717, 1.165) is 12.1 Å². The number of hydrogen-bond acceptors (Lipinski definition) is 4. The summed E-state index contributed by atoms with van der Waals surface area (Å²) in [4.78, 5) is 12.8. The molecule has 3 rings (SSSR count). The van der Waals surface area contributed by atoms with Crippen molar-refractivity contribution < 1.29 is 27.4 Å². The van der Waals surface area contributed by atoms with Crippen LogP contribution in [-0.4, -0.2) is 24.1 Å². The summed E-state index contributed by atoms with van der Waals surface area (Å²) in [5.41, 5.74) is 1.43. The average molecular weight is 428 g/mol. The van der Waals surface area contributed by atoms with Gasteiger partial charge in [-0.1, -0.05) is 6.07 Å². The highest BCUT2D eigenvalue weighted by Gasteiger charge is 2.31. The zero-order valence-corrected chi connectivity index (χ0v) is 17.1. The van der Waals surface area contributed by atoms with Crippen LogP contribution in [0, 0.1) is 25.2 Å². The fourth-order valence-corrected chi connectivity index (χ4v) is 3.34. The third-order valence-electron chi connectivity index (χ3n) is 4.81. The molecule has 0 saturated carbocycles. The Hall–Kier alpha value is -3.73. The van der Waals surface area contributed by atoms with Crippen LogP contribution in [0.3, 0.4) is 0 Å². The van der Waals surface area contributed by atoms with Crippen LogP contribution in [0.2, 0.25) is 0 Å². The van der Waals surface area contributed by atoms with Crippen molar-refractivity contribution in [3.63, 3.8) is 0 Å². The van der Waals surface area contributed by atoms with Crippen LogP contribution in [0.1, 0.15) is 32.9 Å². The van der Waals surface area contributed by atoms with Gasteiger partial charge in [-0.2, -0.15) is 18.4 Å². The average Bonchev–Trinajstić information content (AvgIpc) is 3.05. The number of methoxy groups -OCH3 is 1. The van der Waals surface area contributed by atoms with Gasteiger partial charge in [0, 0.05) is 28.7 Å². The van der Waals surface area contributed by atoms with E-state index in [1.807, 2.05) is 6.07 Å². The lowest BCUT2D eigenvalue weighted by Gasteiger charge is -2.13. The highest BCUT2D eigenvalue weighted by atomic mass is 19.4. The molecular weight excluding hydrogens is 409 g/mol. The third-order valence-corrected chi connectivity index (χ3v) is 4.81. The zero-order valence-electron chi connectivity index (χ0n) is 17.1. The van der Waals surface area contributed by atoms with Crippen molar-refractivity contribution in [2.24, 2.45) is 0 Å². The number of carbonyl (C=O) groups is 1. The first-order valence-corrected chi connectivity index (χ1v) is 9.26. The molecule has 160 valence electrons. The van der Waals surface area contributed by atoms with Crippen molar-refractivity contribution in [2.45, 2.75) is 20.0 Å². The first-order valence-electron chi connectivity index (χ1n) is 9.26. The van der Waals surface area contributed by atoms with Crippen LogP contribution < -0.4 is 9.47 Å². The number of rotatable bonds is 6. The molecule has 0 unspecified atom stereocenters. The molecule has 0 aliphatic heterocycles. The molecule has 0 N–H and O–H groups in total. The predicted octanol–water partition coefficient (Wildman–Crippen LogP) is 5.25. The predicted molar refractivity (Wildman–Crippen MR) is 108 cm³/mol. The van der Waals surface area contributed by atoms with Gasteiger partial charge in [-0.25, -0.2) is 0 Å². The maximum absolute atomic E-state index is 13.1. The second kappa shape index (κ2) is 8.56. The Morgan fingerprint density at radius 1 is 1.10 bits per heavy atom. The molecule has 1 heterocycles. The first kappa shape index (κ1) is 22.0. The number of ketones is 1. The van der Waals surface area contributed by atoms with Crippen molar-refractivity contribution in [1.82, 2.24) is 4.57 Å². The number of carbonyl (C=O) groups excluding carboxylic acids is 1. The van der Waals surface area contributed by atoms with Gasteiger partial charge >= 0.3 is 6.18 Å². The number of nitriles is 1. The molecular formula is C23H19F3N2O3. The van der Waals surface area contributed by atoms with E-state index in [2.05, 4.69) is 0 Å². The van der Waals surface area contributed by atoms with Crippen molar-refractivity contribution in [1.29, 1.82) is 5.26 Å². The minimum atomic E-state index is -4.46. The topological polar surface area (TPSA) is 64.2 Å². The Morgan fingerprint density at radius 2 is 1.84 bits per heavy atom. The van der Waals surface area contributed by atoms with E-state index in [4.69, 9.17) is 14.7 Å². The largest absolute Gasteiger partial charge is 0.493 e. The van der Waals surface area contributed by atoms with Crippen LogP contribution in [0.5, 0.6) is 11.5 Å². The summed E-state index contributed by atoms with van der Waals surface area (Å²) in [6, 6.07) is 13.1. The number of hydrogen-bond donors (Lipinski definition) is 0. The first-order chi connectivity index (χ1) is 14.7. The van der Waals surface area contributed by atoms with Crippen LogP contribution in [0.15, 0.2) is 48.5 Å². The molecule has 8 heteroatoms. The zero-order chi connectivity index (χ0) is 22.8. The standard InChI is InChI=1S/C23H19F3N2O3/c1-14-9-19(15(2)28(14)18-6-4-5-17(11-18)23(24,25)26)20(29)13-31-21-8-7-16(12-27)10-22(21)30-3/h4-11H,13H2,1-3H3. The Morgan fingerprint density at radius 3 is 2.48 bits per heavy atom. The molecule has 0 aliphatic carbocycles. The van der Waals surface area contributed by atoms with Gasteiger partial charge in [0.1, 0.15) is 0 Å². The van der Waals surface area contributed by atoms with Gasteiger partial charge in [0.15, 0.2) is 18.1 Å². The van der Waals surface area contributed by atoms with Gasteiger partial charge in [-0.3, -0.25) is 4.79 Å². The minimum Gasteiger partial charge on any atom is -0.493 e. The second-order valence-corrected chi connectivity index (χ2v) is 6.86. The number of aryl methyl sites for hydroxylation is 1. The van der Waals surface area contributed by atoms with E-state index in [1.54, 1.807) is 36.6 Å². The summed E-state index contributed by atoms with van der Waals surface area (Å²) in [7, 11) is 1.42. The smallest absolute Gasteiger partial charge is 0.416 e. The number of ether oxygens (including phenoxy) is 2. The molecule has 0 spiro atoms. The third kappa shape index (κ3) is 4.56. The highest BCUT2D eigenvalue weighted by molar-refractivity contribution is 5.98. The Kier molecular flexibility index (Phi) is 6.07. The lowest BCUT2D eigenvalue weighted by molar-refractivity contribution is -0.137. The lowest BCUT2D eigenvalue weighted by Crippen LogP contribution is -2.13. The number of benzene rings is 2. The summed E-state index contributed by atoms with van der Waals surface area (Å²) >= 11 is 0. The van der Waals surface area contributed by atoms with Gasteiger partial charge in [-0.15, -0.1) is 0 Å². The van der Waals surface area contributed by atoms with Gasteiger partial charge in [0.2, 0.25) is 5.78 Å². The van der Waals surface area contributed by atoms with Crippen molar-refractivity contribution in [3.8, 4) is 23.3 Å². The molecule has 0 amide bonds. The van der Waals surface area contributed by atoms with E-state index in [-0.39, 0.29) is 12.4 Å².